The van der Waals surface area contributed by atoms with Gasteiger partial charge in [-0.2, -0.15) is 9.97 Å². The molecule has 2 aromatic heterocycles. The van der Waals surface area contributed by atoms with Gasteiger partial charge in [0.1, 0.15) is 11.9 Å². The molecule has 4 N–H and O–H groups in total. The van der Waals surface area contributed by atoms with Crippen LogP contribution in [0.1, 0.15) is 19.8 Å². The van der Waals surface area contributed by atoms with E-state index >= 15 is 0 Å². The fraction of sp³-hybridized carbons (Fsp3) is 0.550. The molecule has 0 spiro atoms. The lowest BCUT2D eigenvalue weighted by atomic mass is 10.1. The van der Waals surface area contributed by atoms with E-state index in [0.29, 0.717) is 75.3 Å². The molecule has 2 aliphatic rings. The predicted molar refractivity (Wildman–Crippen MR) is 122 cm³/mol. The van der Waals surface area contributed by atoms with Crippen LogP contribution in [0.25, 0.3) is 11.3 Å². The number of ether oxygens (including phenoxy) is 3. The van der Waals surface area contributed by atoms with Crippen molar-refractivity contribution >= 4 is 35.4 Å². The molecule has 1 atom stereocenters. The number of morpholine rings is 1. The van der Waals surface area contributed by atoms with Crippen LogP contribution in [0.5, 0.6) is 5.88 Å². The van der Waals surface area contributed by atoms with E-state index in [1.807, 2.05) is 4.90 Å². The lowest BCUT2D eigenvalue weighted by molar-refractivity contribution is 0.0623. The first-order valence-electron chi connectivity index (χ1n) is 10.8. The van der Waals surface area contributed by atoms with E-state index in [0.717, 1.165) is 0 Å². The number of amides is 1. The number of carbonyl (C=O) groups is 1. The van der Waals surface area contributed by atoms with Crippen molar-refractivity contribution < 1.29 is 19.0 Å². The van der Waals surface area contributed by atoms with Crippen LogP contribution < -0.4 is 21.1 Å². The first-order chi connectivity index (χ1) is 15.9. The highest BCUT2D eigenvalue weighted by molar-refractivity contribution is 6.19. The van der Waals surface area contributed by atoms with E-state index in [2.05, 4.69) is 19.9 Å². The normalized spacial score (nSPS) is 18.1. The quantitative estimate of drug-likeness (QED) is 0.600. The van der Waals surface area contributed by atoms with E-state index in [-0.39, 0.29) is 17.9 Å². The van der Waals surface area contributed by atoms with Crippen LogP contribution in [0.3, 0.4) is 0 Å². The first kappa shape index (κ1) is 23.1. The molecular weight excluding hydrogens is 452 g/mol. The number of hydrogen-bond donors (Lipinski definition) is 2. The van der Waals surface area contributed by atoms with Gasteiger partial charge in [-0.3, -0.25) is 0 Å². The lowest BCUT2D eigenvalue weighted by Gasteiger charge is -2.32. The van der Waals surface area contributed by atoms with Crippen molar-refractivity contribution in [2.24, 2.45) is 0 Å². The fourth-order valence-electron chi connectivity index (χ4n) is 3.66. The molecule has 0 aliphatic carbocycles. The second-order valence-electron chi connectivity index (χ2n) is 7.75. The van der Waals surface area contributed by atoms with Crippen molar-refractivity contribution in [1.29, 1.82) is 0 Å². The van der Waals surface area contributed by atoms with E-state index in [4.69, 9.17) is 37.3 Å². The summed E-state index contributed by atoms with van der Waals surface area (Å²) in [4.78, 5) is 33.1. The average Bonchev–Trinajstić information content (AvgIpc) is 2.79. The minimum atomic E-state index is -0.672. The van der Waals surface area contributed by atoms with Crippen molar-refractivity contribution in [2.75, 3.05) is 55.8 Å². The molecule has 4 rings (SSSR count). The summed E-state index contributed by atoms with van der Waals surface area (Å²) in [5.41, 5.74) is 12.1. The summed E-state index contributed by atoms with van der Waals surface area (Å²) >= 11 is 5.75. The molecule has 0 bridgehead atoms. The molecule has 0 aromatic carbocycles. The van der Waals surface area contributed by atoms with Gasteiger partial charge in [-0.15, -0.1) is 0 Å². The van der Waals surface area contributed by atoms with Gasteiger partial charge in [0.2, 0.25) is 17.8 Å². The summed E-state index contributed by atoms with van der Waals surface area (Å²) in [6.45, 7) is 5.11. The summed E-state index contributed by atoms with van der Waals surface area (Å²) < 4.78 is 16.7. The fourth-order valence-corrected chi connectivity index (χ4v) is 3.74. The van der Waals surface area contributed by atoms with Crippen LogP contribution in [0.4, 0.5) is 22.5 Å². The summed E-state index contributed by atoms with van der Waals surface area (Å²) in [5.74, 6) is 1.23. The Morgan fingerprint density at radius 2 is 1.91 bits per heavy atom. The number of nitrogens with zero attached hydrogens (tertiary/aromatic N) is 6. The summed E-state index contributed by atoms with van der Waals surface area (Å²) in [5, 5.41) is 0. The zero-order valence-electron chi connectivity index (χ0n) is 18.3. The number of carbonyl (C=O) groups excluding carboxylic acids is 1. The third-order valence-electron chi connectivity index (χ3n) is 5.35. The monoisotopic (exact) mass is 478 g/mol. The Morgan fingerprint density at radius 3 is 2.58 bits per heavy atom. The van der Waals surface area contributed by atoms with Gasteiger partial charge >= 0.3 is 6.09 Å². The molecule has 12 nitrogen and oxygen atoms in total. The third kappa shape index (κ3) is 5.82. The number of alkyl halides is 1. The molecule has 0 radical (unpaired) electrons. The third-order valence-corrected chi connectivity index (χ3v) is 5.44. The Balaban J connectivity index is 1.53. The van der Waals surface area contributed by atoms with Crippen LogP contribution in [-0.2, 0) is 9.47 Å². The highest BCUT2D eigenvalue weighted by Gasteiger charge is 2.27. The van der Waals surface area contributed by atoms with Crippen molar-refractivity contribution in [2.45, 2.75) is 31.4 Å². The molecule has 2 fully saturated rings. The molecular formula is C20H27ClN8O4. The first-order valence-corrected chi connectivity index (χ1v) is 11.2. The summed E-state index contributed by atoms with van der Waals surface area (Å²) in [6, 6.07) is 1.71. The molecule has 0 saturated carbocycles. The SMILES string of the molecule is CC(Cl)OC(=O)N1CCC(Oc2cc(-c3cnc(N)nc3N)nc(N3CCOCC3)n2)CC1. The molecule has 13 heteroatoms. The zero-order valence-corrected chi connectivity index (χ0v) is 19.1. The summed E-state index contributed by atoms with van der Waals surface area (Å²) in [6.07, 6.45) is 2.25. The van der Waals surface area contributed by atoms with Crippen LogP contribution in [0.15, 0.2) is 12.3 Å². The average molecular weight is 479 g/mol. The number of nitrogen functional groups attached to an aromatic ring is 2. The Hall–Kier alpha value is -3.12. The molecule has 2 aromatic rings. The van der Waals surface area contributed by atoms with E-state index < -0.39 is 11.7 Å². The lowest BCUT2D eigenvalue weighted by Crippen LogP contribution is -2.42. The van der Waals surface area contributed by atoms with Crippen LogP contribution in [0, 0.1) is 0 Å². The highest BCUT2D eigenvalue weighted by atomic mass is 35.5. The number of piperidine rings is 1. The van der Waals surface area contributed by atoms with E-state index in [1.54, 1.807) is 17.9 Å². The van der Waals surface area contributed by atoms with Crippen molar-refractivity contribution in [3.63, 3.8) is 0 Å². The number of nitrogens with two attached hydrogens (primary N) is 2. The molecule has 1 amide bonds. The predicted octanol–water partition coefficient (Wildman–Crippen LogP) is 1.50. The minimum Gasteiger partial charge on any atom is -0.474 e. The Labute approximate surface area is 196 Å². The Morgan fingerprint density at radius 1 is 1.18 bits per heavy atom. The van der Waals surface area contributed by atoms with Crippen molar-refractivity contribution in [3.05, 3.63) is 12.3 Å². The van der Waals surface area contributed by atoms with E-state index in [1.165, 1.54) is 6.20 Å². The van der Waals surface area contributed by atoms with Gasteiger partial charge in [-0.25, -0.2) is 14.8 Å². The number of anilines is 3. The number of hydrogen-bond acceptors (Lipinski definition) is 11. The maximum Gasteiger partial charge on any atom is 0.411 e. The largest absolute Gasteiger partial charge is 0.474 e. The van der Waals surface area contributed by atoms with Gasteiger partial charge in [-0.1, -0.05) is 11.6 Å². The number of rotatable bonds is 5. The molecule has 178 valence electrons. The van der Waals surface area contributed by atoms with Crippen molar-refractivity contribution in [1.82, 2.24) is 24.8 Å². The van der Waals surface area contributed by atoms with Gasteiger partial charge in [0.15, 0.2) is 5.56 Å². The zero-order chi connectivity index (χ0) is 23.4. The van der Waals surface area contributed by atoms with Crippen molar-refractivity contribution in [3.8, 4) is 17.1 Å². The van der Waals surface area contributed by atoms with Gasteiger partial charge < -0.3 is 35.5 Å². The maximum atomic E-state index is 12.1. The van der Waals surface area contributed by atoms with Crippen LogP contribution >= 0.6 is 11.6 Å². The Bertz CT molecular complexity index is 981. The second-order valence-corrected chi connectivity index (χ2v) is 8.36. The smallest absolute Gasteiger partial charge is 0.411 e. The number of aromatic nitrogens is 4. The van der Waals surface area contributed by atoms with Gasteiger partial charge in [0, 0.05) is 51.3 Å². The molecule has 2 aliphatic heterocycles. The number of halogens is 1. The molecule has 1 unspecified atom stereocenters. The second kappa shape index (κ2) is 10.2. The van der Waals surface area contributed by atoms with Gasteiger partial charge in [0.05, 0.1) is 24.5 Å². The minimum absolute atomic E-state index is 0.0871. The topological polar surface area (TPSA) is 155 Å². The van der Waals surface area contributed by atoms with E-state index in [9.17, 15) is 4.79 Å². The summed E-state index contributed by atoms with van der Waals surface area (Å²) in [7, 11) is 0. The highest BCUT2D eigenvalue weighted by Crippen LogP contribution is 2.29. The maximum absolute atomic E-state index is 12.1. The van der Waals surface area contributed by atoms with Crippen LogP contribution in [-0.4, -0.2) is 82.0 Å². The van der Waals surface area contributed by atoms with Gasteiger partial charge in [-0.05, 0) is 6.92 Å². The molecule has 4 heterocycles. The van der Waals surface area contributed by atoms with Gasteiger partial charge in [0.25, 0.3) is 0 Å². The standard InChI is InChI=1S/C20H27ClN8O4/c1-12(21)32-20(30)29-4-2-13(3-5-29)33-16-10-15(14-11-24-18(23)27-17(14)22)25-19(26-16)28-6-8-31-9-7-28/h10-13H,2-9H2,1H3,(H4,22,23,24,27). The Kier molecular flexibility index (Phi) is 7.14. The molecule has 2 saturated heterocycles. The van der Waals surface area contributed by atoms with Crippen LogP contribution in [0.2, 0.25) is 0 Å². The molecule has 33 heavy (non-hydrogen) atoms. The number of likely N-dealkylation sites (tertiary alicyclic amines) is 1.